The van der Waals surface area contributed by atoms with E-state index < -0.39 is 325 Å². The summed E-state index contributed by atoms with van der Waals surface area (Å²) >= 11 is 0. The average Bonchev–Trinajstić information content (AvgIpc) is 0.765. The van der Waals surface area contributed by atoms with Crippen LogP contribution in [0.2, 0.25) is 0 Å². The van der Waals surface area contributed by atoms with Crippen molar-refractivity contribution in [1.82, 2.24) is 0 Å². The molecule has 10 aromatic carbocycles. The van der Waals surface area contributed by atoms with Crippen molar-refractivity contribution in [3.63, 3.8) is 0 Å². The van der Waals surface area contributed by atoms with Crippen LogP contribution < -0.4 is 23.7 Å². The van der Waals surface area contributed by atoms with Crippen molar-refractivity contribution in [3.05, 3.63) is 177 Å². The number of carbonyl (C=O) groups excluding carboxylic acids is 10. The van der Waals surface area contributed by atoms with Crippen LogP contribution in [0.3, 0.4) is 0 Å². The first-order valence-corrected chi connectivity index (χ1v) is 33.2. The fraction of sp³-hybridized carbons (Fsp3) is 0.0789. The van der Waals surface area contributed by atoms with Gasteiger partial charge in [-0.15, -0.1) is 0 Å². The minimum absolute atomic E-state index is 0.313. The minimum Gasteiger partial charge on any atom is -0.504 e. The van der Waals surface area contributed by atoms with E-state index in [1.54, 1.807) is 0 Å². The van der Waals surface area contributed by atoms with Gasteiger partial charge in [-0.1, -0.05) is 0 Å². The lowest BCUT2D eigenvalue weighted by Gasteiger charge is -2.43. The third-order valence-corrected chi connectivity index (χ3v) is 16.9. The number of hydrogen-bond acceptors (Lipinski definition) is 46. The molecular weight excluding hydrogens is 1650 g/mol. The zero-order chi connectivity index (χ0) is 89.4. The molecule has 1 aliphatic rings. The van der Waals surface area contributed by atoms with Gasteiger partial charge in [0, 0.05) is 0 Å². The molecule has 0 radical (unpaired) electrons. The molecule has 0 spiro atoms. The Morgan fingerprint density at radius 1 is 0.205 bits per heavy atom. The van der Waals surface area contributed by atoms with Gasteiger partial charge in [0.2, 0.25) is 41.1 Å². The van der Waals surface area contributed by atoms with Gasteiger partial charge in [0.25, 0.3) is 0 Å². The van der Waals surface area contributed by atoms with Crippen LogP contribution in [0.25, 0.3) is 0 Å². The smallest absolute Gasteiger partial charge is 0.344 e. The van der Waals surface area contributed by atoms with Crippen molar-refractivity contribution in [2.45, 2.75) is 30.7 Å². The molecule has 1 fully saturated rings. The molecule has 25 N–H and O–H groups in total. The lowest BCUT2D eigenvalue weighted by atomic mass is 9.97. The molecule has 1 aliphatic heterocycles. The maximum Gasteiger partial charge on any atom is 0.344 e. The van der Waals surface area contributed by atoms with Gasteiger partial charge in [-0.2, -0.15) is 0 Å². The molecular formula is C76H52O46. The van der Waals surface area contributed by atoms with E-state index in [1.807, 2.05) is 0 Å². The van der Waals surface area contributed by atoms with Gasteiger partial charge in [-0.25, -0.2) is 47.9 Å². The number of benzene rings is 10. The molecule has 10 aromatic rings. The number of carbonyl (C=O) groups is 10. The normalized spacial score (nSPS) is 14.6. The Labute approximate surface area is 671 Å². The summed E-state index contributed by atoms with van der Waals surface area (Å²) in [6.45, 7) is -1.65. The molecule has 0 unspecified atom stereocenters. The molecule has 11 rings (SSSR count). The minimum atomic E-state index is -3.04. The average molecular weight is 1700 g/mol. The molecule has 0 aromatic heterocycles. The Kier molecular flexibility index (Phi) is 23.2. The van der Waals surface area contributed by atoms with E-state index in [9.17, 15) is 171 Å². The Bertz CT molecular complexity index is 5850. The summed E-state index contributed by atoms with van der Waals surface area (Å²) in [5.41, 5.74) is -9.43. The van der Waals surface area contributed by atoms with E-state index >= 15 is 4.79 Å². The fourth-order valence-corrected chi connectivity index (χ4v) is 11.0. The van der Waals surface area contributed by atoms with E-state index in [-0.39, 0.29) is 0 Å². The van der Waals surface area contributed by atoms with E-state index in [0.717, 1.165) is 0 Å². The Hall–Kier alpha value is -18.1. The quantitative estimate of drug-likeness (QED) is 0.0198. The van der Waals surface area contributed by atoms with Crippen molar-refractivity contribution in [3.8, 4) is 172 Å². The summed E-state index contributed by atoms with van der Waals surface area (Å²) in [7, 11) is 0. The van der Waals surface area contributed by atoms with Crippen molar-refractivity contribution in [2.75, 3.05) is 6.61 Å². The van der Waals surface area contributed by atoms with Gasteiger partial charge < -0.3 is 180 Å². The number of phenols is 25. The molecule has 0 saturated carbocycles. The number of aromatic hydroxyl groups is 25. The highest BCUT2D eigenvalue weighted by atomic mass is 16.8. The van der Waals surface area contributed by atoms with Gasteiger partial charge in [0.1, 0.15) is 12.7 Å². The van der Waals surface area contributed by atoms with Gasteiger partial charge in [0.15, 0.2) is 156 Å². The Morgan fingerprint density at radius 3 is 0.582 bits per heavy atom. The molecule has 0 aliphatic carbocycles. The zero-order valence-electron chi connectivity index (χ0n) is 59.9. The maximum atomic E-state index is 15.1. The van der Waals surface area contributed by atoms with E-state index in [2.05, 4.69) is 0 Å². The topological polar surface area (TPSA) is 778 Å². The van der Waals surface area contributed by atoms with Crippen LogP contribution >= 0.6 is 0 Å². The SMILES string of the molecule is O=C(OC[C@H]1O[C@@H](OC(=O)c2cc(O)c(OC(=O)c3cc(O)c(O)c(O)c3)c(O)c2)[C@H](OC(=O)c2cc(O)c(OC(=O)c3cc(O)c(O)c(O)c3)c(O)c2)[C@@H](OC(=O)c2cc(O)c(OC(=O)c3cc(O)c(O)c(O)c3)c(O)c2)[C@@H]1OC(=O)c1cc(O)c(OC(=O)c2cc(O)c(O)c(O)c2)c(O)c1)c1cc(O)c(OC(=O)c2cc(O)c(O)c(O)c2)c(O)c1. The van der Waals surface area contributed by atoms with Crippen molar-refractivity contribution >= 4 is 59.7 Å². The lowest BCUT2D eigenvalue weighted by Crippen LogP contribution is -2.63. The first kappa shape index (κ1) is 84.8. The summed E-state index contributed by atoms with van der Waals surface area (Å²) in [5, 5.41) is 262. The summed E-state index contributed by atoms with van der Waals surface area (Å²) in [4.78, 5) is 140. The maximum absolute atomic E-state index is 15.1. The molecule has 1 heterocycles. The van der Waals surface area contributed by atoms with Crippen LogP contribution in [0.4, 0.5) is 0 Å². The largest absolute Gasteiger partial charge is 0.504 e. The van der Waals surface area contributed by atoms with E-state index in [0.29, 0.717) is 121 Å². The highest BCUT2D eigenvalue weighted by Crippen LogP contribution is 2.48. The van der Waals surface area contributed by atoms with Gasteiger partial charge in [0.05, 0.1) is 55.6 Å². The molecule has 1 saturated heterocycles. The number of rotatable bonds is 21. The van der Waals surface area contributed by atoms with Crippen LogP contribution in [0.15, 0.2) is 121 Å². The molecule has 122 heavy (non-hydrogen) atoms. The molecule has 632 valence electrons. The number of esters is 10. The molecule has 5 atom stereocenters. The summed E-state index contributed by atoms with van der Waals surface area (Å²) in [6, 6.07) is 8.84. The molecule has 46 heteroatoms. The second kappa shape index (κ2) is 33.4. The third-order valence-electron chi connectivity index (χ3n) is 16.9. The summed E-state index contributed by atoms with van der Waals surface area (Å²) in [5.74, 6) is -54.5. The van der Waals surface area contributed by atoms with Crippen LogP contribution in [0, 0.1) is 0 Å². The van der Waals surface area contributed by atoms with E-state index in [1.165, 1.54) is 0 Å². The van der Waals surface area contributed by atoms with E-state index in [4.69, 9.17) is 52.1 Å². The van der Waals surface area contributed by atoms with Gasteiger partial charge in [-0.05, 0) is 121 Å². The first-order chi connectivity index (χ1) is 57.4. The van der Waals surface area contributed by atoms with Crippen LogP contribution in [0.1, 0.15) is 104 Å². The summed E-state index contributed by atoms with van der Waals surface area (Å²) in [6.07, 6.45) is -14.7. The monoisotopic (exact) mass is 1700 g/mol. The zero-order valence-corrected chi connectivity index (χ0v) is 59.9. The number of hydrogen-bond donors (Lipinski definition) is 25. The fourth-order valence-electron chi connectivity index (χ4n) is 11.0. The van der Waals surface area contributed by atoms with Crippen molar-refractivity contribution in [2.24, 2.45) is 0 Å². The highest BCUT2D eigenvalue weighted by Gasteiger charge is 2.55. The number of phenolic OH excluding ortho intramolecular Hbond substituents is 25. The molecule has 0 amide bonds. The lowest BCUT2D eigenvalue weighted by molar-refractivity contribution is -0.282. The second-order valence-electron chi connectivity index (χ2n) is 25.1. The highest BCUT2D eigenvalue weighted by molar-refractivity contribution is 6.00. The predicted octanol–water partition coefficient (Wildman–Crippen LogP) is 4.84. The number of ether oxygens (including phenoxy) is 11. The van der Waals surface area contributed by atoms with Gasteiger partial charge >= 0.3 is 59.7 Å². The van der Waals surface area contributed by atoms with Gasteiger partial charge in [-0.3, -0.25) is 0 Å². The third kappa shape index (κ3) is 17.6. The standard InChI is InChI=1S/C76H52O46/c77-32-1-23(2-33(78)53(32)97)67(103)114-58-42(87)11-22(12-43(58)88)66(102)112-21-52-63(119-72(108)28-13-44(89)59(45(90)14-28)115-68(104)24-3-34(79)54(98)35(80)4-24)64(120-73(109)29-15-46(91)60(47(92)16-29)116-69(105)25-5-36(81)55(99)37(82)6-25)65(121-74(110)30-17-48(93)61(49(94)18-30)117-70(106)26-7-38(83)56(100)39(84)8-26)76(113-52)122-75(111)31-19-50(95)62(51(96)20-31)118-71(107)27-9-40(85)57(101)41(86)10-27/h1-20,52,63-65,76-101H,21H2/t52-,63-,64+,65-,76+/m1/s1. The van der Waals surface area contributed by atoms with Crippen molar-refractivity contribution < 1.29 is 228 Å². The van der Waals surface area contributed by atoms with Crippen LogP contribution in [-0.4, -0.2) is 225 Å². The van der Waals surface area contributed by atoms with Crippen LogP contribution in [-0.2, 0) is 28.4 Å². The molecule has 0 bridgehead atoms. The Balaban J connectivity index is 1.05. The Morgan fingerprint density at radius 2 is 0.369 bits per heavy atom. The predicted molar refractivity (Wildman–Crippen MR) is 383 cm³/mol. The molecule has 46 nitrogen and oxygen atoms in total. The van der Waals surface area contributed by atoms with Crippen molar-refractivity contribution in [1.29, 1.82) is 0 Å². The van der Waals surface area contributed by atoms with Crippen LogP contribution in [0.5, 0.6) is 172 Å². The summed E-state index contributed by atoms with van der Waals surface area (Å²) < 4.78 is 59.6. The first-order valence-electron chi connectivity index (χ1n) is 33.2. The second-order valence-corrected chi connectivity index (χ2v) is 25.1.